The third-order valence-corrected chi connectivity index (χ3v) is 3.28. The van der Waals surface area contributed by atoms with Crippen molar-refractivity contribution in [3.8, 4) is 0 Å². The first kappa shape index (κ1) is 10.7. The van der Waals surface area contributed by atoms with E-state index in [1.54, 1.807) is 0 Å². The molecule has 2 atom stereocenters. The fourth-order valence-corrected chi connectivity index (χ4v) is 1.83. The second-order valence-corrected chi connectivity index (χ2v) is 4.60. The van der Waals surface area contributed by atoms with Crippen LogP contribution in [0.4, 0.5) is 0 Å². The van der Waals surface area contributed by atoms with Gasteiger partial charge in [0.1, 0.15) is 0 Å². The molecule has 0 fully saturated rings. The quantitative estimate of drug-likeness (QED) is 0.672. The Morgan fingerprint density at radius 3 is 2.45 bits per heavy atom. The van der Waals surface area contributed by atoms with Crippen LogP contribution in [-0.2, 0) is 8.63 Å². The molecule has 0 aliphatic rings. The first-order valence-corrected chi connectivity index (χ1v) is 5.87. The monoisotopic (exact) mass is 228 g/mol. The Bertz CT molecular complexity index is 143. The van der Waals surface area contributed by atoms with Crippen LogP contribution >= 0.6 is 0 Å². The van der Waals surface area contributed by atoms with Gasteiger partial charge < -0.3 is 0 Å². The van der Waals surface area contributed by atoms with E-state index >= 15 is 0 Å². The number of rotatable bonds is 5. The van der Waals surface area contributed by atoms with Gasteiger partial charge in [0.05, 0.1) is 0 Å². The Labute approximate surface area is 69.6 Å². The molecule has 2 unspecified atom stereocenters. The minimum atomic E-state index is -3.10. The van der Waals surface area contributed by atoms with Crippen LogP contribution in [0, 0.1) is 0 Å². The Kier molecular flexibility index (Phi) is 5.28. The van der Waals surface area contributed by atoms with E-state index in [1.807, 2.05) is 6.92 Å². The predicted octanol–water partition coefficient (Wildman–Crippen LogP) is 0.542. The van der Waals surface area contributed by atoms with E-state index in [9.17, 15) is 8.63 Å². The molecule has 0 amide bonds. The zero-order valence-electron chi connectivity index (χ0n) is 6.32. The van der Waals surface area contributed by atoms with Gasteiger partial charge in [0.15, 0.2) is 0 Å². The third kappa shape index (κ3) is 4.24. The molecule has 0 aromatic carbocycles. The topological polar surface area (TPSA) is 74.6 Å². The molecule has 4 nitrogen and oxygen atoms in total. The molecule has 0 radical (unpaired) electrons. The number of carboxylic acids is 1. The maximum absolute atomic E-state index is 10.5. The van der Waals surface area contributed by atoms with Crippen LogP contribution in [0.3, 0.4) is 0 Å². The summed E-state index contributed by atoms with van der Waals surface area (Å²) in [6.07, 6.45) is 1.86. The number of unbranched alkanes of at least 4 members (excludes halogenated alkanes) is 1. The van der Waals surface area contributed by atoms with Gasteiger partial charge in [0, 0.05) is 0 Å². The first-order valence-electron chi connectivity index (χ1n) is 3.42. The Morgan fingerprint density at radius 1 is 1.64 bits per heavy atom. The molecule has 0 heterocycles. The molecule has 0 rings (SSSR count). The number of aliphatic carboxylic acids is 1. The van der Waals surface area contributed by atoms with Crippen molar-refractivity contribution in [1.82, 2.24) is 0 Å². The number of hydrogen-bond donors (Lipinski definition) is 2. The van der Waals surface area contributed by atoms with Crippen LogP contribution in [0.5, 0.6) is 0 Å². The second kappa shape index (κ2) is 5.41. The Morgan fingerprint density at radius 2 is 2.18 bits per heavy atom. The molecule has 66 valence electrons. The van der Waals surface area contributed by atoms with Gasteiger partial charge in [-0.15, -0.1) is 0 Å². The SMILES string of the molecule is CCCCC(C(=O)O)[Se](=O)O. The molecule has 11 heavy (non-hydrogen) atoms. The van der Waals surface area contributed by atoms with Gasteiger partial charge in [-0.1, -0.05) is 0 Å². The van der Waals surface area contributed by atoms with Crippen LogP contribution in [0.1, 0.15) is 26.2 Å². The fourth-order valence-electron chi connectivity index (χ4n) is 0.700. The van der Waals surface area contributed by atoms with E-state index in [0.717, 1.165) is 6.42 Å². The fraction of sp³-hybridized carbons (Fsp3) is 0.833. The summed E-state index contributed by atoms with van der Waals surface area (Å²) in [6, 6.07) is 0. The molecule has 0 aliphatic carbocycles. The first-order chi connectivity index (χ1) is 5.09. The van der Waals surface area contributed by atoms with Crippen molar-refractivity contribution in [2.45, 2.75) is 31.0 Å². The van der Waals surface area contributed by atoms with Crippen LogP contribution in [-0.4, -0.2) is 29.4 Å². The van der Waals surface area contributed by atoms with Crippen LogP contribution in [0.15, 0.2) is 0 Å². The molecule has 0 saturated heterocycles. The van der Waals surface area contributed by atoms with E-state index in [4.69, 9.17) is 9.30 Å². The van der Waals surface area contributed by atoms with Crippen molar-refractivity contribution >= 4 is 20.1 Å². The predicted molar refractivity (Wildman–Crippen MR) is 39.6 cm³/mol. The van der Waals surface area contributed by atoms with Crippen molar-refractivity contribution < 1.29 is 17.9 Å². The van der Waals surface area contributed by atoms with Crippen molar-refractivity contribution in [3.05, 3.63) is 0 Å². The van der Waals surface area contributed by atoms with Crippen molar-refractivity contribution in [3.63, 3.8) is 0 Å². The third-order valence-electron chi connectivity index (χ3n) is 1.34. The number of carboxylic acid groups (broad SMARTS) is 1. The summed E-state index contributed by atoms with van der Waals surface area (Å²) >= 11 is -3.10. The van der Waals surface area contributed by atoms with Crippen molar-refractivity contribution in [2.75, 3.05) is 0 Å². The summed E-state index contributed by atoms with van der Waals surface area (Å²) in [5.74, 6) is -1.15. The molecule has 5 heteroatoms. The molecular formula is C6H12O4Se. The summed E-state index contributed by atoms with van der Waals surface area (Å²) in [5, 5.41) is 8.44. The minimum absolute atomic E-state index is 0.316. The van der Waals surface area contributed by atoms with Gasteiger partial charge in [0.2, 0.25) is 0 Å². The van der Waals surface area contributed by atoms with E-state index in [-0.39, 0.29) is 0 Å². The van der Waals surface area contributed by atoms with E-state index in [2.05, 4.69) is 0 Å². The molecule has 0 saturated carbocycles. The number of hydrogen-bond acceptors (Lipinski definition) is 2. The normalized spacial score (nSPS) is 15.8. The standard InChI is InChI=1S/C6H12O4Se/c1-2-3-4-5(6(7)8)11(9)10/h5H,2-4H2,1H3,(H,7,8)(H,9,10). The van der Waals surface area contributed by atoms with Gasteiger partial charge in [-0.25, -0.2) is 0 Å². The summed E-state index contributed by atoms with van der Waals surface area (Å²) in [7, 11) is 0. The summed E-state index contributed by atoms with van der Waals surface area (Å²) in [4.78, 5) is 9.30. The van der Waals surface area contributed by atoms with Crippen LogP contribution in [0.2, 0.25) is 4.82 Å². The molecule has 0 spiro atoms. The second-order valence-electron chi connectivity index (χ2n) is 2.25. The zero-order chi connectivity index (χ0) is 8.85. The molecule has 0 bridgehead atoms. The van der Waals surface area contributed by atoms with E-state index < -0.39 is 24.9 Å². The average molecular weight is 227 g/mol. The summed E-state index contributed by atoms with van der Waals surface area (Å²) in [5.41, 5.74) is 0. The molecule has 2 N–H and O–H groups in total. The average Bonchev–Trinajstić information content (AvgIpc) is 1.87. The van der Waals surface area contributed by atoms with Gasteiger partial charge in [-0.2, -0.15) is 0 Å². The molecule has 0 aromatic rings. The van der Waals surface area contributed by atoms with E-state index in [0.29, 0.717) is 12.8 Å². The Hall–Kier alpha value is -0.251. The van der Waals surface area contributed by atoms with Gasteiger partial charge in [-0.3, -0.25) is 0 Å². The van der Waals surface area contributed by atoms with Gasteiger partial charge >= 0.3 is 69.1 Å². The van der Waals surface area contributed by atoms with Crippen LogP contribution in [0.25, 0.3) is 0 Å². The zero-order valence-corrected chi connectivity index (χ0v) is 8.03. The van der Waals surface area contributed by atoms with Gasteiger partial charge in [-0.05, 0) is 0 Å². The maximum atomic E-state index is 10.5. The molecule has 0 aromatic heterocycles. The number of carbonyl (C=O) groups is 1. The van der Waals surface area contributed by atoms with Crippen molar-refractivity contribution in [2.24, 2.45) is 0 Å². The Balaban J connectivity index is 3.90. The van der Waals surface area contributed by atoms with Crippen LogP contribution < -0.4 is 0 Å². The molecule has 0 aliphatic heterocycles. The van der Waals surface area contributed by atoms with E-state index in [1.165, 1.54) is 0 Å². The summed E-state index contributed by atoms with van der Waals surface area (Å²) in [6.45, 7) is 1.91. The van der Waals surface area contributed by atoms with Gasteiger partial charge in [0.25, 0.3) is 0 Å². The molecular weight excluding hydrogens is 215 g/mol. The van der Waals surface area contributed by atoms with Crippen molar-refractivity contribution in [1.29, 1.82) is 0 Å². The summed E-state index contributed by atoms with van der Waals surface area (Å²) < 4.78 is 19.1.